The maximum atomic E-state index is 12.6. The summed E-state index contributed by atoms with van der Waals surface area (Å²) in [6, 6.07) is 10.6. The third-order valence-electron chi connectivity index (χ3n) is 4.99. The van der Waals surface area contributed by atoms with E-state index in [4.69, 9.17) is 0 Å². The standard InChI is InChI=1S/C22H30N4OS/c1-16-14-20(24-17(2)23-16)25-10-12-26(13-11-25)21(27)15-28-19-8-6-18(7-9-19)22(3,4)5/h6-9,14H,10-13,15H2,1-5H3. The molecule has 0 unspecified atom stereocenters. The monoisotopic (exact) mass is 398 g/mol. The molecule has 6 heteroatoms. The molecule has 1 aromatic heterocycles. The molecule has 3 rings (SSSR count). The van der Waals surface area contributed by atoms with E-state index in [9.17, 15) is 4.79 Å². The van der Waals surface area contributed by atoms with Gasteiger partial charge < -0.3 is 9.80 Å². The quantitative estimate of drug-likeness (QED) is 0.733. The van der Waals surface area contributed by atoms with Crippen LogP contribution in [0.2, 0.25) is 0 Å². The first-order chi connectivity index (χ1) is 13.2. The van der Waals surface area contributed by atoms with E-state index in [0.717, 1.165) is 48.4 Å². The van der Waals surface area contributed by atoms with Crippen molar-refractivity contribution in [2.75, 3.05) is 36.8 Å². The number of carbonyl (C=O) groups excluding carboxylic acids is 1. The minimum atomic E-state index is 0.152. The van der Waals surface area contributed by atoms with E-state index >= 15 is 0 Å². The summed E-state index contributed by atoms with van der Waals surface area (Å²) in [5.41, 5.74) is 2.45. The summed E-state index contributed by atoms with van der Waals surface area (Å²) in [4.78, 5) is 26.8. The van der Waals surface area contributed by atoms with Crippen LogP contribution in [0.5, 0.6) is 0 Å². The van der Waals surface area contributed by atoms with Crippen LogP contribution in [0.25, 0.3) is 0 Å². The summed E-state index contributed by atoms with van der Waals surface area (Å²) in [5, 5.41) is 0. The lowest BCUT2D eigenvalue weighted by molar-refractivity contribution is -0.128. The van der Waals surface area contributed by atoms with Crippen LogP contribution in [0.4, 0.5) is 5.82 Å². The number of aryl methyl sites for hydroxylation is 2. The van der Waals surface area contributed by atoms with Gasteiger partial charge in [-0.05, 0) is 37.0 Å². The van der Waals surface area contributed by atoms with Gasteiger partial charge in [-0.25, -0.2) is 9.97 Å². The highest BCUT2D eigenvalue weighted by Crippen LogP contribution is 2.26. The maximum Gasteiger partial charge on any atom is 0.233 e. The highest BCUT2D eigenvalue weighted by atomic mass is 32.2. The van der Waals surface area contributed by atoms with E-state index in [-0.39, 0.29) is 11.3 Å². The number of hydrogen-bond acceptors (Lipinski definition) is 5. The summed E-state index contributed by atoms with van der Waals surface area (Å²) in [6.07, 6.45) is 0. The van der Waals surface area contributed by atoms with E-state index in [1.807, 2.05) is 24.8 Å². The molecular formula is C22H30N4OS. The number of anilines is 1. The number of benzene rings is 1. The van der Waals surface area contributed by atoms with Crippen LogP contribution in [-0.4, -0.2) is 52.7 Å². The first kappa shape index (κ1) is 20.6. The predicted octanol–water partition coefficient (Wildman–Crippen LogP) is 3.83. The smallest absolute Gasteiger partial charge is 0.233 e. The number of amides is 1. The number of nitrogens with zero attached hydrogens (tertiary/aromatic N) is 4. The van der Waals surface area contributed by atoms with Crippen molar-refractivity contribution in [3.8, 4) is 0 Å². The molecule has 0 N–H and O–H groups in total. The third kappa shape index (κ3) is 5.25. The molecule has 150 valence electrons. The molecule has 1 aliphatic rings. The molecule has 0 spiro atoms. The minimum absolute atomic E-state index is 0.152. The fourth-order valence-electron chi connectivity index (χ4n) is 3.33. The van der Waals surface area contributed by atoms with E-state index < -0.39 is 0 Å². The number of aromatic nitrogens is 2. The third-order valence-corrected chi connectivity index (χ3v) is 5.99. The van der Waals surface area contributed by atoms with Gasteiger partial charge in [-0.15, -0.1) is 11.8 Å². The number of hydrogen-bond donors (Lipinski definition) is 0. The molecule has 1 fully saturated rings. The molecule has 0 bridgehead atoms. The van der Waals surface area contributed by atoms with Crippen LogP contribution in [0, 0.1) is 13.8 Å². The van der Waals surface area contributed by atoms with Gasteiger partial charge in [0.15, 0.2) is 0 Å². The highest BCUT2D eigenvalue weighted by Gasteiger charge is 2.22. The second-order valence-corrected chi connectivity index (χ2v) is 9.39. The average molecular weight is 399 g/mol. The Morgan fingerprint density at radius 1 is 1.04 bits per heavy atom. The van der Waals surface area contributed by atoms with Crippen molar-refractivity contribution in [2.24, 2.45) is 0 Å². The molecule has 0 radical (unpaired) electrons. The molecule has 28 heavy (non-hydrogen) atoms. The molecule has 0 saturated carbocycles. The van der Waals surface area contributed by atoms with Crippen molar-refractivity contribution in [3.05, 3.63) is 47.4 Å². The molecule has 2 heterocycles. The minimum Gasteiger partial charge on any atom is -0.353 e. The van der Waals surface area contributed by atoms with Gasteiger partial charge in [0.1, 0.15) is 11.6 Å². The van der Waals surface area contributed by atoms with E-state index in [1.165, 1.54) is 5.56 Å². The van der Waals surface area contributed by atoms with Crippen LogP contribution < -0.4 is 4.90 Å². The SMILES string of the molecule is Cc1cc(N2CCN(C(=O)CSc3ccc(C(C)(C)C)cc3)CC2)nc(C)n1. The number of thioether (sulfide) groups is 1. The summed E-state index contributed by atoms with van der Waals surface area (Å²) in [5.74, 6) is 2.45. The second-order valence-electron chi connectivity index (χ2n) is 8.35. The van der Waals surface area contributed by atoms with Crippen LogP contribution in [0.15, 0.2) is 35.2 Å². The molecule has 1 saturated heterocycles. The average Bonchev–Trinajstić information content (AvgIpc) is 2.65. The van der Waals surface area contributed by atoms with Gasteiger partial charge in [0.2, 0.25) is 5.91 Å². The predicted molar refractivity (Wildman–Crippen MR) is 116 cm³/mol. The first-order valence-corrected chi connectivity index (χ1v) is 10.8. The van der Waals surface area contributed by atoms with Crippen LogP contribution in [0.3, 0.4) is 0 Å². The Labute approximate surface area is 172 Å². The first-order valence-electron chi connectivity index (χ1n) is 9.81. The normalized spacial score (nSPS) is 15.0. The molecule has 0 atom stereocenters. The Bertz CT molecular complexity index is 801. The zero-order chi connectivity index (χ0) is 20.3. The summed E-state index contributed by atoms with van der Waals surface area (Å²) in [7, 11) is 0. The van der Waals surface area contributed by atoms with Gasteiger partial charge in [-0.3, -0.25) is 4.79 Å². The second kappa shape index (κ2) is 8.52. The van der Waals surface area contributed by atoms with Gasteiger partial charge in [0.25, 0.3) is 0 Å². The zero-order valence-corrected chi connectivity index (χ0v) is 18.3. The summed E-state index contributed by atoms with van der Waals surface area (Å²) >= 11 is 1.62. The number of rotatable bonds is 4. The lowest BCUT2D eigenvalue weighted by Gasteiger charge is -2.35. The van der Waals surface area contributed by atoms with Gasteiger partial charge in [-0.2, -0.15) is 0 Å². The Hall–Kier alpha value is -2.08. The fraction of sp³-hybridized carbons (Fsp3) is 0.500. The molecular weight excluding hydrogens is 368 g/mol. The van der Waals surface area contributed by atoms with Crippen LogP contribution in [0.1, 0.15) is 37.9 Å². The zero-order valence-electron chi connectivity index (χ0n) is 17.5. The maximum absolute atomic E-state index is 12.6. The Morgan fingerprint density at radius 3 is 2.25 bits per heavy atom. The fourth-order valence-corrected chi connectivity index (χ4v) is 4.13. The molecule has 1 aromatic carbocycles. The molecule has 2 aromatic rings. The van der Waals surface area contributed by atoms with Crippen molar-refractivity contribution < 1.29 is 4.79 Å². The molecule has 1 amide bonds. The lowest BCUT2D eigenvalue weighted by atomic mass is 9.87. The molecule has 1 aliphatic heterocycles. The largest absolute Gasteiger partial charge is 0.353 e. The highest BCUT2D eigenvalue weighted by molar-refractivity contribution is 8.00. The van der Waals surface area contributed by atoms with E-state index in [2.05, 4.69) is 59.9 Å². The van der Waals surface area contributed by atoms with Crippen molar-refractivity contribution in [3.63, 3.8) is 0 Å². The van der Waals surface area contributed by atoms with Crippen molar-refractivity contribution >= 4 is 23.5 Å². The summed E-state index contributed by atoms with van der Waals surface area (Å²) < 4.78 is 0. The molecule has 0 aliphatic carbocycles. The lowest BCUT2D eigenvalue weighted by Crippen LogP contribution is -2.49. The summed E-state index contributed by atoms with van der Waals surface area (Å²) in [6.45, 7) is 13.6. The van der Waals surface area contributed by atoms with E-state index in [1.54, 1.807) is 11.8 Å². The van der Waals surface area contributed by atoms with Crippen molar-refractivity contribution in [1.82, 2.24) is 14.9 Å². The Balaban J connectivity index is 1.50. The van der Waals surface area contributed by atoms with Gasteiger partial charge in [-0.1, -0.05) is 32.9 Å². The van der Waals surface area contributed by atoms with Gasteiger partial charge in [0, 0.05) is 42.8 Å². The number of carbonyl (C=O) groups is 1. The van der Waals surface area contributed by atoms with Crippen molar-refractivity contribution in [1.29, 1.82) is 0 Å². The van der Waals surface area contributed by atoms with E-state index in [0.29, 0.717) is 5.75 Å². The Kier molecular flexibility index (Phi) is 6.28. The van der Waals surface area contributed by atoms with Crippen LogP contribution >= 0.6 is 11.8 Å². The van der Waals surface area contributed by atoms with Crippen molar-refractivity contribution in [2.45, 2.75) is 44.9 Å². The topological polar surface area (TPSA) is 49.3 Å². The van der Waals surface area contributed by atoms with Gasteiger partial charge in [0.05, 0.1) is 5.75 Å². The molecule has 5 nitrogen and oxygen atoms in total. The van der Waals surface area contributed by atoms with Gasteiger partial charge >= 0.3 is 0 Å². The number of piperazine rings is 1. The van der Waals surface area contributed by atoms with Crippen LogP contribution in [-0.2, 0) is 10.2 Å². The Morgan fingerprint density at radius 2 is 1.68 bits per heavy atom.